The summed E-state index contributed by atoms with van der Waals surface area (Å²) in [4.78, 5) is 11.4. The average molecular weight is 274 g/mol. The highest BCUT2D eigenvalue weighted by molar-refractivity contribution is 9.10. The number of esters is 1. The molecule has 15 heavy (non-hydrogen) atoms. The Morgan fingerprint density at radius 2 is 2.07 bits per heavy atom. The molecule has 82 valence electrons. The summed E-state index contributed by atoms with van der Waals surface area (Å²) in [5.74, 6) is -0.123. The molecule has 0 aromatic heterocycles. The van der Waals surface area contributed by atoms with Crippen LogP contribution < -0.4 is 10.5 Å². The van der Waals surface area contributed by atoms with Gasteiger partial charge in [0.1, 0.15) is 5.56 Å². The van der Waals surface area contributed by atoms with Crippen LogP contribution in [0.3, 0.4) is 0 Å². The van der Waals surface area contributed by atoms with E-state index in [0.717, 1.165) is 10.0 Å². The van der Waals surface area contributed by atoms with E-state index in [1.165, 1.54) is 14.2 Å². The van der Waals surface area contributed by atoms with Gasteiger partial charge in [-0.3, -0.25) is 0 Å². The van der Waals surface area contributed by atoms with Crippen molar-refractivity contribution in [2.75, 3.05) is 20.0 Å². The number of carbonyl (C=O) groups is 1. The zero-order valence-corrected chi connectivity index (χ0v) is 10.3. The maximum Gasteiger partial charge on any atom is 0.341 e. The van der Waals surface area contributed by atoms with Crippen LogP contribution in [0.4, 0.5) is 5.69 Å². The van der Waals surface area contributed by atoms with Crippen molar-refractivity contribution in [1.82, 2.24) is 0 Å². The van der Waals surface area contributed by atoms with E-state index in [1.54, 1.807) is 6.07 Å². The molecule has 0 amide bonds. The van der Waals surface area contributed by atoms with Crippen LogP contribution >= 0.6 is 15.9 Å². The topological polar surface area (TPSA) is 61.5 Å². The van der Waals surface area contributed by atoms with Crippen LogP contribution in [-0.4, -0.2) is 20.2 Å². The Bertz CT molecular complexity index is 404. The number of halogens is 1. The first-order chi connectivity index (χ1) is 7.02. The summed E-state index contributed by atoms with van der Waals surface area (Å²) in [6, 6.07) is 1.64. The molecule has 0 aliphatic carbocycles. The molecule has 2 N–H and O–H groups in total. The molecule has 0 atom stereocenters. The minimum absolute atomic E-state index is 0.315. The van der Waals surface area contributed by atoms with Crippen molar-refractivity contribution in [3.63, 3.8) is 0 Å². The molecule has 0 aliphatic rings. The molecule has 0 bridgehead atoms. The summed E-state index contributed by atoms with van der Waals surface area (Å²) in [6.45, 7) is 1.84. The first-order valence-electron chi connectivity index (χ1n) is 4.23. The fraction of sp³-hybridized carbons (Fsp3) is 0.300. The molecule has 4 nitrogen and oxygen atoms in total. The highest BCUT2D eigenvalue weighted by atomic mass is 79.9. The lowest BCUT2D eigenvalue weighted by Crippen LogP contribution is -2.07. The summed E-state index contributed by atoms with van der Waals surface area (Å²) in [7, 11) is 2.78. The van der Waals surface area contributed by atoms with Gasteiger partial charge in [-0.15, -0.1) is 0 Å². The molecule has 1 rings (SSSR count). The SMILES string of the molecule is COC(=O)c1cc(Br)c(C)c(N)c1OC. The fourth-order valence-electron chi connectivity index (χ4n) is 1.23. The lowest BCUT2D eigenvalue weighted by molar-refractivity contribution is 0.0597. The van der Waals surface area contributed by atoms with E-state index in [9.17, 15) is 4.79 Å². The van der Waals surface area contributed by atoms with Crippen molar-refractivity contribution in [2.45, 2.75) is 6.92 Å². The maximum atomic E-state index is 11.4. The zero-order chi connectivity index (χ0) is 11.6. The predicted octanol–water partition coefficient (Wildman–Crippen LogP) is 2.13. The fourth-order valence-corrected chi connectivity index (χ4v) is 1.67. The van der Waals surface area contributed by atoms with Crippen LogP contribution in [0.2, 0.25) is 0 Å². The second kappa shape index (κ2) is 4.53. The molecule has 0 fully saturated rings. The van der Waals surface area contributed by atoms with Crippen molar-refractivity contribution < 1.29 is 14.3 Å². The van der Waals surface area contributed by atoms with Crippen LogP contribution in [0.1, 0.15) is 15.9 Å². The molecular weight excluding hydrogens is 262 g/mol. The van der Waals surface area contributed by atoms with E-state index in [4.69, 9.17) is 10.5 Å². The Morgan fingerprint density at radius 1 is 1.47 bits per heavy atom. The number of benzene rings is 1. The number of anilines is 1. The molecular formula is C10H12BrNO3. The highest BCUT2D eigenvalue weighted by Crippen LogP contribution is 2.35. The van der Waals surface area contributed by atoms with Crippen LogP contribution in [-0.2, 0) is 4.74 Å². The van der Waals surface area contributed by atoms with Gasteiger partial charge in [0.15, 0.2) is 5.75 Å². The summed E-state index contributed by atoms with van der Waals surface area (Å²) >= 11 is 3.31. The van der Waals surface area contributed by atoms with Gasteiger partial charge in [-0.1, -0.05) is 15.9 Å². The monoisotopic (exact) mass is 273 g/mol. The molecule has 1 aromatic rings. The second-order valence-electron chi connectivity index (χ2n) is 2.97. The highest BCUT2D eigenvalue weighted by Gasteiger charge is 2.18. The van der Waals surface area contributed by atoms with E-state index in [-0.39, 0.29) is 0 Å². The first-order valence-corrected chi connectivity index (χ1v) is 5.03. The van der Waals surface area contributed by atoms with Gasteiger partial charge >= 0.3 is 5.97 Å². The van der Waals surface area contributed by atoms with Crippen LogP contribution in [0.5, 0.6) is 5.75 Å². The predicted molar refractivity (Wildman–Crippen MR) is 61.2 cm³/mol. The van der Waals surface area contributed by atoms with Gasteiger partial charge in [0.25, 0.3) is 0 Å². The first kappa shape index (κ1) is 11.8. The van der Waals surface area contributed by atoms with Crippen molar-refractivity contribution in [3.8, 4) is 5.75 Å². The number of rotatable bonds is 2. The van der Waals surface area contributed by atoms with Crippen LogP contribution in [0.25, 0.3) is 0 Å². The molecule has 0 radical (unpaired) electrons. The van der Waals surface area contributed by atoms with Gasteiger partial charge in [-0.05, 0) is 18.6 Å². The quantitative estimate of drug-likeness (QED) is 0.663. The minimum atomic E-state index is -0.473. The average Bonchev–Trinajstić information content (AvgIpc) is 2.24. The maximum absolute atomic E-state index is 11.4. The van der Waals surface area contributed by atoms with Crippen LogP contribution in [0, 0.1) is 6.92 Å². The third kappa shape index (κ3) is 2.07. The summed E-state index contributed by atoms with van der Waals surface area (Å²) in [5, 5.41) is 0. The number of hydrogen-bond acceptors (Lipinski definition) is 4. The third-order valence-corrected chi connectivity index (χ3v) is 2.96. The lowest BCUT2D eigenvalue weighted by Gasteiger charge is -2.13. The number of hydrogen-bond donors (Lipinski definition) is 1. The zero-order valence-electron chi connectivity index (χ0n) is 8.76. The molecule has 5 heteroatoms. The largest absolute Gasteiger partial charge is 0.494 e. The number of methoxy groups -OCH3 is 2. The van der Waals surface area contributed by atoms with Crippen molar-refractivity contribution in [1.29, 1.82) is 0 Å². The van der Waals surface area contributed by atoms with Crippen molar-refractivity contribution in [2.24, 2.45) is 0 Å². The Kier molecular flexibility index (Phi) is 3.57. The summed E-state index contributed by atoms with van der Waals surface area (Å²) in [6.07, 6.45) is 0. The minimum Gasteiger partial charge on any atom is -0.494 e. The summed E-state index contributed by atoms with van der Waals surface area (Å²) < 4.78 is 10.5. The van der Waals surface area contributed by atoms with E-state index in [1.807, 2.05) is 6.92 Å². The molecule has 0 spiro atoms. The Labute approximate surface area is 96.5 Å². The van der Waals surface area contributed by atoms with E-state index >= 15 is 0 Å². The third-order valence-electron chi connectivity index (χ3n) is 2.13. The van der Waals surface area contributed by atoms with Gasteiger partial charge in [-0.2, -0.15) is 0 Å². The molecule has 1 aromatic carbocycles. The van der Waals surface area contributed by atoms with E-state index in [2.05, 4.69) is 20.7 Å². The van der Waals surface area contributed by atoms with Gasteiger partial charge in [0.2, 0.25) is 0 Å². The number of nitrogen functional groups attached to an aromatic ring is 1. The van der Waals surface area contributed by atoms with Crippen LogP contribution in [0.15, 0.2) is 10.5 Å². The number of carbonyl (C=O) groups excluding carboxylic acids is 1. The number of nitrogens with two attached hydrogens (primary N) is 1. The molecule has 0 saturated heterocycles. The molecule has 0 aliphatic heterocycles. The number of ether oxygens (including phenoxy) is 2. The van der Waals surface area contributed by atoms with Gasteiger partial charge in [0.05, 0.1) is 19.9 Å². The van der Waals surface area contributed by atoms with Gasteiger partial charge < -0.3 is 15.2 Å². The normalized spacial score (nSPS) is 9.87. The van der Waals surface area contributed by atoms with Crippen molar-refractivity contribution >= 4 is 27.6 Å². The smallest absolute Gasteiger partial charge is 0.341 e. The van der Waals surface area contributed by atoms with E-state index in [0.29, 0.717) is 17.0 Å². The van der Waals surface area contributed by atoms with Crippen molar-refractivity contribution in [3.05, 3.63) is 21.7 Å². The lowest BCUT2D eigenvalue weighted by atomic mass is 10.1. The summed E-state index contributed by atoms with van der Waals surface area (Å²) in [5.41, 5.74) is 7.41. The second-order valence-corrected chi connectivity index (χ2v) is 3.82. The Hall–Kier alpha value is -1.23. The Balaban J connectivity index is 3.45. The van der Waals surface area contributed by atoms with Gasteiger partial charge in [-0.25, -0.2) is 4.79 Å². The Morgan fingerprint density at radius 3 is 2.53 bits per heavy atom. The van der Waals surface area contributed by atoms with Gasteiger partial charge in [0, 0.05) is 4.47 Å². The standard InChI is InChI=1S/C10H12BrNO3/c1-5-7(11)4-6(10(13)15-3)9(14-2)8(5)12/h4H,12H2,1-3H3. The molecule has 0 unspecified atom stereocenters. The molecule has 0 saturated carbocycles. The molecule has 0 heterocycles. The van der Waals surface area contributed by atoms with E-state index < -0.39 is 5.97 Å².